The lowest BCUT2D eigenvalue weighted by atomic mass is 10.1. The van der Waals surface area contributed by atoms with E-state index in [0.717, 1.165) is 23.1 Å². The Bertz CT molecular complexity index is 1260. The van der Waals surface area contributed by atoms with Crippen LogP contribution >= 0.6 is 0 Å². The van der Waals surface area contributed by atoms with Crippen molar-refractivity contribution in [1.29, 1.82) is 5.26 Å². The van der Waals surface area contributed by atoms with Gasteiger partial charge in [0, 0.05) is 17.3 Å². The van der Waals surface area contributed by atoms with Crippen LogP contribution < -0.4 is 9.64 Å². The van der Waals surface area contributed by atoms with Crippen molar-refractivity contribution in [3.8, 4) is 11.8 Å². The Morgan fingerprint density at radius 1 is 0.971 bits per heavy atom. The van der Waals surface area contributed by atoms with Gasteiger partial charge in [0.15, 0.2) is 0 Å². The third kappa shape index (κ3) is 6.64. The van der Waals surface area contributed by atoms with Gasteiger partial charge in [0.25, 0.3) is 5.91 Å². The van der Waals surface area contributed by atoms with Crippen LogP contribution in [0.3, 0.4) is 0 Å². The van der Waals surface area contributed by atoms with Crippen LogP contribution in [0.25, 0.3) is 0 Å². The standard InChI is InChI=1S/C27H24F2N2O4/c1-27(2,3)35-24(32)16-31(26(33)25-22(28)12-7-13-23(25)29)20-10-6-11-21(14-20)34-17-19-9-5-4-8-18(19)15-30/h4-14H,16-17H2,1-3H3. The molecule has 0 saturated heterocycles. The summed E-state index contributed by atoms with van der Waals surface area (Å²) in [5, 5.41) is 9.26. The molecule has 0 unspecified atom stereocenters. The molecule has 0 aromatic heterocycles. The van der Waals surface area contributed by atoms with E-state index in [1.165, 1.54) is 12.1 Å². The summed E-state index contributed by atoms with van der Waals surface area (Å²) in [7, 11) is 0. The lowest BCUT2D eigenvalue weighted by Gasteiger charge is -2.26. The van der Waals surface area contributed by atoms with Gasteiger partial charge in [0.1, 0.15) is 41.7 Å². The highest BCUT2D eigenvalue weighted by Gasteiger charge is 2.28. The minimum atomic E-state index is -1.05. The summed E-state index contributed by atoms with van der Waals surface area (Å²) in [5.74, 6) is -3.57. The summed E-state index contributed by atoms with van der Waals surface area (Å²) in [4.78, 5) is 26.7. The van der Waals surface area contributed by atoms with Gasteiger partial charge in [-0.25, -0.2) is 8.78 Å². The normalized spacial score (nSPS) is 10.9. The molecular formula is C27H24F2N2O4. The predicted octanol–water partition coefficient (Wildman–Crippen LogP) is 5.40. The molecule has 8 heteroatoms. The lowest BCUT2D eigenvalue weighted by Crippen LogP contribution is -2.39. The van der Waals surface area contributed by atoms with E-state index in [9.17, 15) is 23.6 Å². The Hall–Kier alpha value is -4.25. The number of ether oxygens (including phenoxy) is 2. The summed E-state index contributed by atoms with van der Waals surface area (Å²) >= 11 is 0. The van der Waals surface area contributed by atoms with Crippen molar-refractivity contribution < 1.29 is 27.8 Å². The zero-order valence-electron chi connectivity index (χ0n) is 19.5. The summed E-state index contributed by atoms with van der Waals surface area (Å²) in [6.07, 6.45) is 0. The van der Waals surface area contributed by atoms with E-state index in [4.69, 9.17) is 9.47 Å². The minimum absolute atomic E-state index is 0.0785. The Labute approximate surface area is 202 Å². The van der Waals surface area contributed by atoms with E-state index in [1.54, 1.807) is 57.2 Å². The van der Waals surface area contributed by atoms with Crippen LogP contribution in [0.15, 0.2) is 66.7 Å². The number of amides is 1. The maximum absolute atomic E-state index is 14.4. The van der Waals surface area contributed by atoms with Crippen LogP contribution in [-0.2, 0) is 16.1 Å². The lowest BCUT2D eigenvalue weighted by molar-refractivity contribution is -0.152. The number of nitrogens with zero attached hydrogens (tertiary/aromatic N) is 2. The fraction of sp³-hybridized carbons (Fsp3) is 0.222. The molecule has 0 heterocycles. The Morgan fingerprint density at radius 2 is 1.63 bits per heavy atom. The first kappa shape index (κ1) is 25.4. The fourth-order valence-electron chi connectivity index (χ4n) is 3.28. The Balaban J connectivity index is 1.93. The summed E-state index contributed by atoms with van der Waals surface area (Å²) in [6, 6.07) is 18.3. The van der Waals surface area contributed by atoms with Crippen molar-refractivity contribution in [2.45, 2.75) is 33.0 Å². The van der Waals surface area contributed by atoms with Gasteiger partial charge in [-0.3, -0.25) is 14.5 Å². The number of benzene rings is 3. The average Bonchev–Trinajstić information content (AvgIpc) is 2.80. The van der Waals surface area contributed by atoms with Gasteiger partial charge in [0.05, 0.1) is 11.6 Å². The van der Waals surface area contributed by atoms with Gasteiger partial charge < -0.3 is 9.47 Å². The van der Waals surface area contributed by atoms with E-state index in [1.807, 2.05) is 0 Å². The van der Waals surface area contributed by atoms with Gasteiger partial charge in [-0.05, 0) is 51.1 Å². The number of hydrogen-bond acceptors (Lipinski definition) is 5. The van der Waals surface area contributed by atoms with Crippen molar-refractivity contribution in [3.63, 3.8) is 0 Å². The first-order chi connectivity index (χ1) is 16.6. The number of carbonyl (C=O) groups excluding carboxylic acids is 2. The molecule has 0 radical (unpaired) electrons. The molecule has 1 amide bonds. The highest BCUT2D eigenvalue weighted by atomic mass is 19.1. The van der Waals surface area contributed by atoms with E-state index in [0.29, 0.717) is 16.9 Å². The fourth-order valence-corrected chi connectivity index (χ4v) is 3.28. The molecule has 0 N–H and O–H groups in total. The third-order valence-electron chi connectivity index (χ3n) is 4.79. The molecule has 0 aliphatic rings. The van der Waals surface area contributed by atoms with Crippen molar-refractivity contribution in [3.05, 3.63) is 95.1 Å². The van der Waals surface area contributed by atoms with Crippen LogP contribution in [0.2, 0.25) is 0 Å². The van der Waals surface area contributed by atoms with E-state index in [-0.39, 0.29) is 12.3 Å². The van der Waals surface area contributed by atoms with E-state index in [2.05, 4.69) is 6.07 Å². The van der Waals surface area contributed by atoms with Gasteiger partial charge in [-0.2, -0.15) is 5.26 Å². The maximum atomic E-state index is 14.4. The molecule has 35 heavy (non-hydrogen) atoms. The number of esters is 1. The maximum Gasteiger partial charge on any atom is 0.326 e. The third-order valence-corrected chi connectivity index (χ3v) is 4.79. The molecule has 0 atom stereocenters. The quantitative estimate of drug-likeness (QED) is 0.425. The van der Waals surface area contributed by atoms with Gasteiger partial charge in [0.2, 0.25) is 0 Å². The monoisotopic (exact) mass is 478 g/mol. The zero-order valence-corrected chi connectivity index (χ0v) is 19.5. The van der Waals surface area contributed by atoms with Crippen LogP contribution in [-0.4, -0.2) is 24.0 Å². The van der Waals surface area contributed by atoms with Gasteiger partial charge in [-0.1, -0.05) is 30.3 Å². The number of hydrogen-bond donors (Lipinski definition) is 0. The van der Waals surface area contributed by atoms with Crippen molar-refractivity contribution >= 4 is 17.6 Å². The van der Waals surface area contributed by atoms with Crippen LogP contribution in [0.1, 0.15) is 42.3 Å². The first-order valence-corrected chi connectivity index (χ1v) is 10.8. The number of carbonyl (C=O) groups is 2. The number of nitriles is 1. The molecule has 0 bridgehead atoms. The molecule has 0 spiro atoms. The molecule has 6 nitrogen and oxygen atoms in total. The predicted molar refractivity (Wildman–Crippen MR) is 126 cm³/mol. The SMILES string of the molecule is CC(C)(C)OC(=O)CN(C(=O)c1c(F)cccc1F)c1cccc(OCc2ccccc2C#N)c1. The van der Waals surface area contributed by atoms with Gasteiger partial charge >= 0.3 is 5.97 Å². The highest BCUT2D eigenvalue weighted by Crippen LogP contribution is 2.26. The molecular weight excluding hydrogens is 454 g/mol. The molecule has 3 aromatic rings. The zero-order chi connectivity index (χ0) is 25.6. The summed E-state index contributed by atoms with van der Waals surface area (Å²) in [5.41, 5.74) is -0.315. The van der Waals surface area contributed by atoms with Crippen molar-refractivity contribution in [2.75, 3.05) is 11.4 Å². The molecule has 0 aliphatic carbocycles. The van der Waals surface area contributed by atoms with E-state index >= 15 is 0 Å². The van der Waals surface area contributed by atoms with Crippen LogP contribution in [0.4, 0.5) is 14.5 Å². The second kappa shape index (κ2) is 10.8. The van der Waals surface area contributed by atoms with Crippen LogP contribution in [0, 0.1) is 23.0 Å². The van der Waals surface area contributed by atoms with E-state index < -0.39 is 41.2 Å². The van der Waals surface area contributed by atoms with Crippen LogP contribution in [0.5, 0.6) is 5.75 Å². The second-order valence-electron chi connectivity index (χ2n) is 8.63. The number of halogens is 2. The summed E-state index contributed by atoms with van der Waals surface area (Å²) < 4.78 is 39.9. The molecule has 3 aromatic carbocycles. The average molecular weight is 478 g/mol. The molecule has 0 aliphatic heterocycles. The Kier molecular flexibility index (Phi) is 7.82. The number of anilines is 1. The second-order valence-corrected chi connectivity index (χ2v) is 8.63. The topological polar surface area (TPSA) is 79.6 Å². The first-order valence-electron chi connectivity index (χ1n) is 10.8. The molecule has 0 fully saturated rings. The molecule has 0 saturated carbocycles. The minimum Gasteiger partial charge on any atom is -0.489 e. The molecule has 180 valence electrons. The summed E-state index contributed by atoms with van der Waals surface area (Å²) in [6.45, 7) is 4.50. The van der Waals surface area contributed by atoms with Gasteiger partial charge in [-0.15, -0.1) is 0 Å². The Morgan fingerprint density at radius 3 is 2.29 bits per heavy atom. The number of rotatable bonds is 7. The van der Waals surface area contributed by atoms with Crippen molar-refractivity contribution in [2.24, 2.45) is 0 Å². The molecule has 3 rings (SSSR count). The largest absolute Gasteiger partial charge is 0.489 e. The van der Waals surface area contributed by atoms with Crippen molar-refractivity contribution in [1.82, 2.24) is 0 Å². The smallest absolute Gasteiger partial charge is 0.326 e. The highest BCUT2D eigenvalue weighted by molar-refractivity contribution is 6.08.